The molecule has 1 aliphatic rings. The molecule has 1 saturated carbocycles. The topological polar surface area (TPSA) is 83.3 Å². The Labute approximate surface area is 139 Å². The second kappa shape index (κ2) is 5.78. The van der Waals surface area contributed by atoms with Gasteiger partial charge in [0.05, 0.1) is 11.3 Å². The van der Waals surface area contributed by atoms with Gasteiger partial charge < -0.3 is 10.1 Å². The quantitative estimate of drug-likeness (QED) is 0.758. The average molecular weight is 324 g/mol. The number of aromatic amines is 1. The van der Waals surface area contributed by atoms with E-state index in [4.69, 9.17) is 0 Å². The van der Waals surface area contributed by atoms with E-state index < -0.39 is 0 Å². The van der Waals surface area contributed by atoms with Crippen LogP contribution in [0.25, 0.3) is 16.8 Å². The van der Waals surface area contributed by atoms with Crippen LogP contribution < -0.4 is 5.56 Å². The zero-order valence-corrected chi connectivity index (χ0v) is 13.6. The van der Waals surface area contributed by atoms with Gasteiger partial charge in [-0.3, -0.25) is 9.78 Å². The summed E-state index contributed by atoms with van der Waals surface area (Å²) in [5, 5.41) is 15.2. The number of aryl methyl sites for hydroxylation is 1. The number of hydrogen-bond acceptors (Lipinski definition) is 4. The summed E-state index contributed by atoms with van der Waals surface area (Å²) in [5.41, 5.74) is 3.29. The second-order valence-electron chi connectivity index (χ2n) is 6.48. The van der Waals surface area contributed by atoms with Crippen LogP contribution >= 0.6 is 0 Å². The maximum atomic E-state index is 12.7. The van der Waals surface area contributed by atoms with Gasteiger partial charge in [-0.05, 0) is 43.4 Å². The molecule has 0 amide bonds. The molecule has 6 nitrogen and oxygen atoms in total. The molecule has 0 unspecified atom stereocenters. The van der Waals surface area contributed by atoms with E-state index in [1.54, 1.807) is 12.4 Å². The summed E-state index contributed by atoms with van der Waals surface area (Å²) in [6, 6.07) is 3.74. The van der Waals surface area contributed by atoms with Crippen LogP contribution in [0.5, 0.6) is 5.88 Å². The summed E-state index contributed by atoms with van der Waals surface area (Å²) in [6.45, 7) is 1.88. The molecule has 4 rings (SSSR count). The zero-order chi connectivity index (χ0) is 16.7. The predicted octanol–water partition coefficient (Wildman–Crippen LogP) is 3.15. The Bertz CT molecular complexity index is 937. The number of H-pyrrole nitrogens is 1. The van der Waals surface area contributed by atoms with Crippen LogP contribution in [-0.4, -0.2) is 24.7 Å². The van der Waals surface area contributed by atoms with E-state index >= 15 is 0 Å². The summed E-state index contributed by atoms with van der Waals surface area (Å²) < 4.78 is 1.47. The SMILES string of the molecule is Cc1nn2c(O)c(C3CCCCC3)c(=O)[nH]c2c1-c1ccncc1. The van der Waals surface area contributed by atoms with Gasteiger partial charge in [0.2, 0.25) is 5.88 Å². The van der Waals surface area contributed by atoms with Crippen molar-refractivity contribution in [2.24, 2.45) is 0 Å². The molecule has 0 aliphatic heterocycles. The molecule has 0 spiro atoms. The lowest BCUT2D eigenvalue weighted by atomic mass is 9.85. The van der Waals surface area contributed by atoms with Crippen molar-refractivity contribution >= 4 is 5.65 Å². The molecule has 24 heavy (non-hydrogen) atoms. The number of pyridine rings is 1. The van der Waals surface area contributed by atoms with Crippen molar-refractivity contribution in [3.63, 3.8) is 0 Å². The van der Waals surface area contributed by atoms with Crippen molar-refractivity contribution in [1.82, 2.24) is 19.6 Å². The number of hydrogen-bond donors (Lipinski definition) is 2. The smallest absolute Gasteiger partial charge is 0.258 e. The second-order valence-corrected chi connectivity index (χ2v) is 6.48. The number of fused-ring (bicyclic) bond motifs is 1. The molecule has 0 atom stereocenters. The fourth-order valence-corrected chi connectivity index (χ4v) is 3.81. The van der Waals surface area contributed by atoms with E-state index in [0.717, 1.165) is 42.5 Å². The van der Waals surface area contributed by atoms with Crippen molar-refractivity contribution in [2.75, 3.05) is 0 Å². The fourth-order valence-electron chi connectivity index (χ4n) is 3.81. The maximum Gasteiger partial charge on any atom is 0.258 e. The molecule has 0 bridgehead atoms. The number of aromatic nitrogens is 4. The van der Waals surface area contributed by atoms with Crippen molar-refractivity contribution in [2.45, 2.75) is 44.9 Å². The van der Waals surface area contributed by atoms with Gasteiger partial charge in [-0.2, -0.15) is 9.61 Å². The van der Waals surface area contributed by atoms with Gasteiger partial charge in [0.25, 0.3) is 5.56 Å². The molecule has 3 aromatic rings. The average Bonchev–Trinajstić information content (AvgIpc) is 2.93. The first-order valence-corrected chi connectivity index (χ1v) is 8.41. The third-order valence-electron chi connectivity index (χ3n) is 4.96. The minimum absolute atomic E-state index is 0.0240. The third kappa shape index (κ3) is 2.29. The monoisotopic (exact) mass is 324 g/mol. The molecule has 6 heteroatoms. The van der Waals surface area contributed by atoms with E-state index in [1.807, 2.05) is 19.1 Å². The van der Waals surface area contributed by atoms with Gasteiger partial charge in [0, 0.05) is 18.0 Å². The number of aromatic hydroxyl groups is 1. The Morgan fingerprint density at radius 3 is 2.62 bits per heavy atom. The highest BCUT2D eigenvalue weighted by Gasteiger charge is 2.26. The van der Waals surface area contributed by atoms with Gasteiger partial charge in [-0.15, -0.1) is 0 Å². The van der Waals surface area contributed by atoms with Crippen LogP contribution in [-0.2, 0) is 0 Å². The first-order chi connectivity index (χ1) is 11.7. The molecule has 124 valence electrons. The molecule has 1 fully saturated rings. The van der Waals surface area contributed by atoms with Crippen molar-refractivity contribution in [3.8, 4) is 17.0 Å². The summed E-state index contributed by atoms with van der Waals surface area (Å²) in [6.07, 6.45) is 8.69. The molecule has 3 aromatic heterocycles. The lowest BCUT2D eigenvalue weighted by molar-refractivity contribution is 0.390. The van der Waals surface area contributed by atoms with Crippen LogP contribution in [0.15, 0.2) is 29.3 Å². The molecular weight excluding hydrogens is 304 g/mol. The summed E-state index contributed by atoms with van der Waals surface area (Å²) in [4.78, 5) is 19.7. The Morgan fingerprint density at radius 2 is 1.92 bits per heavy atom. The Balaban J connectivity index is 1.94. The number of rotatable bonds is 2. The maximum absolute atomic E-state index is 12.7. The minimum Gasteiger partial charge on any atom is -0.493 e. The molecule has 1 aliphatic carbocycles. The number of nitrogens with one attached hydrogen (secondary N) is 1. The van der Waals surface area contributed by atoms with Gasteiger partial charge in [0.15, 0.2) is 0 Å². The van der Waals surface area contributed by atoms with Crippen LogP contribution in [0.1, 0.15) is 49.3 Å². The van der Waals surface area contributed by atoms with Crippen molar-refractivity contribution in [1.29, 1.82) is 0 Å². The van der Waals surface area contributed by atoms with Crippen LogP contribution in [0.3, 0.4) is 0 Å². The lowest BCUT2D eigenvalue weighted by Gasteiger charge is -2.21. The highest BCUT2D eigenvalue weighted by molar-refractivity contribution is 5.79. The Hall–Kier alpha value is -2.63. The van der Waals surface area contributed by atoms with Gasteiger partial charge in [-0.25, -0.2) is 0 Å². The lowest BCUT2D eigenvalue weighted by Crippen LogP contribution is -2.20. The fraction of sp³-hybridized carbons (Fsp3) is 0.389. The van der Waals surface area contributed by atoms with Crippen LogP contribution in [0.4, 0.5) is 0 Å². The van der Waals surface area contributed by atoms with Gasteiger partial charge in [-0.1, -0.05) is 19.3 Å². The van der Waals surface area contributed by atoms with Crippen LogP contribution in [0, 0.1) is 6.92 Å². The van der Waals surface area contributed by atoms with E-state index in [1.165, 1.54) is 10.9 Å². The molecule has 2 N–H and O–H groups in total. The summed E-state index contributed by atoms with van der Waals surface area (Å²) in [7, 11) is 0. The molecule has 0 saturated heterocycles. The first-order valence-electron chi connectivity index (χ1n) is 8.41. The predicted molar refractivity (Wildman–Crippen MR) is 91.3 cm³/mol. The van der Waals surface area contributed by atoms with Crippen molar-refractivity contribution in [3.05, 3.63) is 46.1 Å². The molecule has 0 aromatic carbocycles. The van der Waals surface area contributed by atoms with E-state index in [2.05, 4.69) is 15.1 Å². The Kier molecular flexibility index (Phi) is 3.59. The third-order valence-corrected chi connectivity index (χ3v) is 4.96. The Morgan fingerprint density at radius 1 is 1.21 bits per heavy atom. The zero-order valence-electron chi connectivity index (χ0n) is 13.6. The first kappa shape index (κ1) is 14.9. The molecule has 3 heterocycles. The summed E-state index contributed by atoms with van der Waals surface area (Å²) in [5.74, 6) is 0.0878. The van der Waals surface area contributed by atoms with Crippen LogP contribution in [0.2, 0.25) is 0 Å². The largest absolute Gasteiger partial charge is 0.493 e. The van der Waals surface area contributed by atoms with Gasteiger partial charge >= 0.3 is 0 Å². The highest BCUT2D eigenvalue weighted by atomic mass is 16.3. The van der Waals surface area contributed by atoms with E-state index in [0.29, 0.717) is 11.2 Å². The number of nitrogens with zero attached hydrogens (tertiary/aromatic N) is 3. The molecule has 0 radical (unpaired) electrons. The highest BCUT2D eigenvalue weighted by Crippen LogP contribution is 2.36. The van der Waals surface area contributed by atoms with E-state index in [9.17, 15) is 9.90 Å². The molecular formula is C18H20N4O2. The normalized spacial score (nSPS) is 15.9. The standard InChI is InChI=1S/C18H20N4O2/c1-11-14(13-7-9-19-10-8-13)16-20-17(23)15(18(24)22(16)21-11)12-5-3-2-4-6-12/h7-10,12,24H,2-6H2,1H3,(H,20,23). The van der Waals surface area contributed by atoms with E-state index in [-0.39, 0.29) is 17.4 Å². The summed E-state index contributed by atoms with van der Waals surface area (Å²) >= 11 is 0. The minimum atomic E-state index is -0.206. The van der Waals surface area contributed by atoms with Gasteiger partial charge in [0.1, 0.15) is 5.65 Å². The van der Waals surface area contributed by atoms with Crippen molar-refractivity contribution < 1.29 is 5.11 Å².